The zero-order valence-electron chi connectivity index (χ0n) is 61.5. The predicted octanol–water partition coefficient (Wildman–Crippen LogP) is -17.5. The fourth-order valence-corrected chi connectivity index (χ4v) is 10.2. The molecular weight excluding hydrogens is 1610 g/mol. The number of carbonyl (C=O) groups is 20. The molecule has 0 bridgehead atoms. The predicted molar refractivity (Wildman–Crippen MR) is 408 cm³/mol. The van der Waals surface area contributed by atoms with Gasteiger partial charge in [0, 0.05) is 35.2 Å². The van der Waals surface area contributed by atoms with E-state index in [4.69, 9.17) is 17.2 Å². The molecule has 31 N–H and O–H groups in total. The normalized spacial score (nSPS) is 15.4. The maximum atomic E-state index is 13.7. The second-order valence-corrected chi connectivity index (χ2v) is 26.3. The zero-order chi connectivity index (χ0) is 86.5. The molecule has 48 nitrogen and oxygen atoms in total. The number of primary amides is 1. The minimum Gasteiger partial charge on any atom is -0.480 e. The van der Waals surface area contributed by atoms with Crippen molar-refractivity contribution in [3.63, 3.8) is 0 Å². The van der Waals surface area contributed by atoms with E-state index in [0.717, 1.165) is 20.8 Å². The van der Waals surface area contributed by atoms with E-state index in [1.165, 1.54) is 6.92 Å². The number of thiol groups is 5. The van der Waals surface area contributed by atoms with Crippen LogP contribution in [-0.2, 0) is 95.9 Å². The fraction of sp³-hybridized carbons (Fsp3) is 0.667. The molecule has 0 heterocycles. The summed E-state index contributed by atoms with van der Waals surface area (Å²) in [5.74, 6) is -24.7. The highest BCUT2D eigenvalue weighted by atomic mass is 32.1. The van der Waals surface area contributed by atoms with Crippen LogP contribution in [0.1, 0.15) is 59.8 Å². The van der Waals surface area contributed by atoms with Crippen LogP contribution in [0, 0.1) is 0 Å². The Morgan fingerprint density at radius 3 is 0.912 bits per heavy atom. The van der Waals surface area contributed by atoms with E-state index in [0.29, 0.717) is 19.4 Å². The summed E-state index contributed by atoms with van der Waals surface area (Å²) in [5, 5.41) is 109. The smallest absolute Gasteiger partial charge is 0.326 e. The lowest BCUT2D eigenvalue weighted by Crippen LogP contribution is -2.62. The van der Waals surface area contributed by atoms with Gasteiger partial charge >= 0.3 is 5.97 Å². The molecule has 640 valence electrons. The molecule has 0 radical (unpaired) electrons. The van der Waals surface area contributed by atoms with E-state index in [-0.39, 0.29) is 12.2 Å². The summed E-state index contributed by atoms with van der Waals surface area (Å²) in [6.07, 6.45) is -3.66. The highest BCUT2D eigenvalue weighted by Gasteiger charge is 2.38. The Kier molecular flexibility index (Phi) is 50.8. The van der Waals surface area contributed by atoms with E-state index in [2.05, 4.69) is 159 Å². The van der Waals surface area contributed by atoms with Crippen LogP contribution in [0.5, 0.6) is 0 Å². The first kappa shape index (κ1) is 104. The molecule has 0 saturated carbocycles. The van der Waals surface area contributed by atoms with Gasteiger partial charge in [-0.25, -0.2) is 4.79 Å². The molecule has 0 aliphatic heterocycles. The maximum Gasteiger partial charge on any atom is 0.326 e. The molecule has 0 aliphatic carbocycles. The van der Waals surface area contributed by atoms with Crippen molar-refractivity contribution >= 4 is 181 Å². The van der Waals surface area contributed by atoms with Gasteiger partial charge in [0.1, 0.15) is 90.6 Å². The molecular formula is C60H103N21O27S5. The number of aliphatic hydroxyl groups is 6. The summed E-state index contributed by atoms with van der Waals surface area (Å²) >= 11 is 20.2. The van der Waals surface area contributed by atoms with E-state index in [9.17, 15) is 132 Å². The molecule has 0 rings (SSSR count). The number of hydrogen-bond acceptors (Lipinski definition) is 33. The third kappa shape index (κ3) is 39.0. The molecule has 0 unspecified atom stereocenters. The number of nitrogens with two attached hydrogens (primary N) is 3. The average molecular weight is 1710 g/mol. The van der Waals surface area contributed by atoms with Gasteiger partial charge in [0.05, 0.1) is 64.8 Å². The monoisotopic (exact) mass is 1710 g/mol. The number of carboxylic acid groups (broad SMARTS) is 1. The summed E-state index contributed by atoms with van der Waals surface area (Å²) < 4.78 is 0. The molecule has 113 heavy (non-hydrogen) atoms. The highest BCUT2D eigenvalue weighted by molar-refractivity contribution is 7.81. The first-order chi connectivity index (χ1) is 53.1. The highest BCUT2D eigenvalue weighted by Crippen LogP contribution is 2.07. The Hall–Kier alpha value is -9.17. The van der Waals surface area contributed by atoms with Gasteiger partial charge < -0.3 is 149 Å². The zero-order valence-corrected chi connectivity index (χ0v) is 66.0. The quantitative estimate of drug-likeness (QED) is 0.0199. The largest absolute Gasteiger partial charge is 0.480 e. The lowest BCUT2D eigenvalue weighted by atomic mass is 10.1. The van der Waals surface area contributed by atoms with Gasteiger partial charge in [-0.2, -0.15) is 63.1 Å². The van der Waals surface area contributed by atoms with Gasteiger partial charge in [-0.1, -0.05) is 0 Å². The van der Waals surface area contributed by atoms with Gasteiger partial charge in [-0.05, 0) is 59.9 Å². The van der Waals surface area contributed by atoms with Crippen LogP contribution in [0.3, 0.4) is 0 Å². The lowest BCUT2D eigenvalue weighted by Gasteiger charge is -2.27. The van der Waals surface area contributed by atoms with Crippen molar-refractivity contribution in [2.45, 2.75) is 163 Å². The van der Waals surface area contributed by atoms with Crippen molar-refractivity contribution in [3.05, 3.63) is 0 Å². The van der Waals surface area contributed by atoms with Gasteiger partial charge in [-0.3, -0.25) is 91.1 Å². The van der Waals surface area contributed by atoms with Crippen LogP contribution in [0.15, 0.2) is 0 Å². The van der Waals surface area contributed by atoms with Crippen LogP contribution in [0.2, 0.25) is 0 Å². The van der Waals surface area contributed by atoms with Crippen LogP contribution in [0.25, 0.3) is 0 Å². The van der Waals surface area contributed by atoms with Crippen LogP contribution in [-0.4, -0.2) is 345 Å². The van der Waals surface area contributed by atoms with E-state index >= 15 is 0 Å². The van der Waals surface area contributed by atoms with Crippen LogP contribution >= 0.6 is 63.1 Å². The third-order valence-corrected chi connectivity index (χ3v) is 17.2. The minimum absolute atomic E-state index is 0.0678. The molecule has 0 aromatic heterocycles. The Morgan fingerprint density at radius 2 is 0.584 bits per heavy atom. The second kappa shape index (κ2) is 55.3. The number of aliphatic carboxylic acids is 1. The number of rotatable bonds is 55. The van der Waals surface area contributed by atoms with Gasteiger partial charge in [0.15, 0.2) is 0 Å². The molecule has 17 atom stereocenters. The first-order valence-corrected chi connectivity index (χ1v) is 37.4. The standard InChI is InChI=1S/C60H103N21O27S5/c1-24(67-40(89)11-62)46(93)73-32(17-84)52(99)75-33(18-85)53(100)77-38(23-113)57(104)81-44(26(3)86)58(105)78-35(20-110)54(101)68-25(2)47(94)72-30(15-82)48(95)64-12-41(90)69-28(8-9-39(63)88)51(98)76-37(22-112)56(103)80-45(27(4)87)59(106)79-36(21-111)55(102)74-31(16-83)49(96)65-14-43(92)71-34(19-109)50(97)66-13-42(91)70-29(60(107)108)7-5-6-10-61/h24-38,44-45,82-87,109-113H,5-23,61-62H2,1-4H3,(H2,63,88)(H,64,95)(H,65,96)(H,66,97)(H,67,89)(H,68,101)(H,69,90)(H,70,91)(H,71,92)(H,72,94)(H,73,93)(H,74,102)(H,75,99)(H,76,98)(H,77,100)(H,78,105)(H,79,106)(H,80,103)(H,81,104)(H,107,108)/t24-,25-,26+,27+,28-,29-,30-,31-,32-,33-,34-,35-,36-,37-,38-,44-,45-/m0/s1. The van der Waals surface area contributed by atoms with E-state index in [1.807, 2.05) is 0 Å². The third-order valence-electron chi connectivity index (χ3n) is 15.4. The summed E-state index contributed by atoms with van der Waals surface area (Å²) in [6, 6.07) is -25.0. The van der Waals surface area contributed by atoms with Gasteiger partial charge in [0.2, 0.25) is 112 Å². The van der Waals surface area contributed by atoms with Crippen LogP contribution < -0.4 is 113 Å². The molecule has 0 aromatic rings. The summed E-state index contributed by atoms with van der Waals surface area (Å²) in [6.45, 7) is -2.69. The van der Waals surface area contributed by atoms with Crippen molar-refractivity contribution in [2.75, 3.05) is 87.9 Å². The Morgan fingerprint density at radius 1 is 0.310 bits per heavy atom. The molecule has 0 spiro atoms. The number of carbonyl (C=O) groups excluding carboxylic acids is 19. The first-order valence-electron chi connectivity index (χ1n) is 34.2. The molecule has 19 amide bonds. The van der Waals surface area contributed by atoms with Gasteiger partial charge in [-0.15, -0.1) is 0 Å². The number of hydrogen-bond donors (Lipinski definition) is 33. The Labute approximate surface area is 673 Å². The molecule has 53 heteroatoms. The number of nitrogens with one attached hydrogen (secondary N) is 18. The average Bonchev–Trinajstić information content (AvgIpc) is 0.860. The summed E-state index contributed by atoms with van der Waals surface area (Å²) in [7, 11) is 0. The number of carboxylic acids is 1. The van der Waals surface area contributed by atoms with Crippen molar-refractivity contribution in [2.24, 2.45) is 17.2 Å². The van der Waals surface area contributed by atoms with Crippen molar-refractivity contribution < 1.29 is 132 Å². The Bertz CT molecular complexity index is 3300. The van der Waals surface area contributed by atoms with E-state index in [1.54, 1.807) is 0 Å². The number of amides is 19. The summed E-state index contributed by atoms with van der Waals surface area (Å²) in [4.78, 5) is 258. The summed E-state index contributed by atoms with van der Waals surface area (Å²) in [5.41, 5.74) is 15.9. The lowest BCUT2D eigenvalue weighted by molar-refractivity contribution is -0.142. The van der Waals surface area contributed by atoms with Crippen molar-refractivity contribution in [1.29, 1.82) is 0 Å². The minimum atomic E-state index is -1.94. The van der Waals surface area contributed by atoms with Crippen molar-refractivity contribution in [1.82, 2.24) is 95.7 Å². The molecule has 0 aliphatic rings. The second-order valence-electron chi connectivity index (χ2n) is 24.5. The number of unbranched alkanes of at least 4 members (excludes halogenated alkanes) is 1. The number of aliphatic hydroxyl groups excluding tert-OH is 6. The maximum absolute atomic E-state index is 13.7. The van der Waals surface area contributed by atoms with E-state index < -0.39 is 310 Å². The van der Waals surface area contributed by atoms with Crippen LogP contribution in [0.4, 0.5) is 0 Å². The molecule has 0 saturated heterocycles. The molecule has 0 aromatic carbocycles. The molecule has 0 fully saturated rings. The van der Waals surface area contributed by atoms with Gasteiger partial charge in [0.25, 0.3) is 0 Å². The topological polar surface area (TPSA) is 778 Å². The van der Waals surface area contributed by atoms with Crippen molar-refractivity contribution in [3.8, 4) is 0 Å². The Balaban J connectivity index is 5.84. The SMILES string of the molecule is C[C@H](NC(=O)CN)C(=O)N[C@@H](CO)C(=O)N[C@@H](CO)C(=O)N[C@@H](CS)C(=O)N[C@H](C(=O)N[C@@H](CS)C(=O)N[C@@H](C)C(=O)N[C@@H](CO)C(=O)NCC(=O)N[C@@H](CCC(N)=O)C(=O)N[C@@H](CS)C(=O)N[C@H](C(=O)N[C@@H](CS)C(=O)N[C@@H](CO)C(=O)NCC(=O)N[C@@H](CS)C(=O)NCC(=O)N[C@@H](CCCCN)C(=O)O)[C@@H](C)O)[C@@H](C)O. The fourth-order valence-electron chi connectivity index (χ4n) is 8.93.